The minimum atomic E-state index is -2.84. The first-order valence-electron chi connectivity index (χ1n) is 5.33. The zero-order chi connectivity index (χ0) is 13.3. The molecule has 1 heterocycles. The lowest BCUT2D eigenvalue weighted by molar-refractivity contribution is -0.0498. The van der Waals surface area contributed by atoms with Gasteiger partial charge in [-0.15, -0.1) is 0 Å². The van der Waals surface area contributed by atoms with E-state index in [1.807, 2.05) is 6.92 Å². The number of anilines is 1. The molecule has 1 aromatic carbocycles. The molecule has 18 heavy (non-hydrogen) atoms. The summed E-state index contributed by atoms with van der Waals surface area (Å²) < 4.78 is 30.2. The van der Waals surface area contributed by atoms with Crippen molar-refractivity contribution in [3.63, 3.8) is 0 Å². The molecule has 0 aliphatic heterocycles. The fourth-order valence-electron chi connectivity index (χ4n) is 1.74. The van der Waals surface area contributed by atoms with Gasteiger partial charge in [0.15, 0.2) is 0 Å². The Hall–Kier alpha value is -2.11. The summed E-state index contributed by atoms with van der Waals surface area (Å²) in [7, 11) is 1.73. The van der Waals surface area contributed by atoms with Gasteiger partial charge in [0.1, 0.15) is 11.6 Å². The average Bonchev–Trinajstić information content (AvgIpc) is 2.56. The van der Waals surface area contributed by atoms with Gasteiger partial charge in [-0.2, -0.15) is 13.9 Å². The van der Waals surface area contributed by atoms with Crippen LogP contribution in [0.4, 0.5) is 14.6 Å². The van der Waals surface area contributed by atoms with E-state index >= 15 is 0 Å². The lowest BCUT2D eigenvalue weighted by Gasteiger charge is -2.05. The van der Waals surface area contributed by atoms with Crippen LogP contribution in [0.15, 0.2) is 24.3 Å². The maximum absolute atomic E-state index is 12.1. The highest BCUT2D eigenvalue weighted by Gasteiger charge is 2.12. The van der Waals surface area contributed by atoms with Crippen LogP contribution in [0.3, 0.4) is 0 Å². The highest BCUT2D eigenvalue weighted by molar-refractivity contribution is 5.69. The van der Waals surface area contributed by atoms with Gasteiger partial charge in [0, 0.05) is 18.2 Å². The van der Waals surface area contributed by atoms with Gasteiger partial charge >= 0.3 is 6.61 Å². The molecule has 4 nitrogen and oxygen atoms in total. The Morgan fingerprint density at radius 1 is 1.39 bits per heavy atom. The van der Waals surface area contributed by atoms with E-state index in [9.17, 15) is 8.78 Å². The van der Waals surface area contributed by atoms with E-state index in [-0.39, 0.29) is 5.75 Å². The average molecular weight is 253 g/mol. The van der Waals surface area contributed by atoms with Crippen LogP contribution in [0.5, 0.6) is 5.75 Å². The normalized spacial score (nSPS) is 10.9. The van der Waals surface area contributed by atoms with Crippen LogP contribution in [0, 0.1) is 6.92 Å². The summed E-state index contributed by atoms with van der Waals surface area (Å²) in [4.78, 5) is 0. The SMILES string of the molecule is Cc1c(-c2cccc(OC(F)F)c2)nn(C)c1N. The highest BCUT2D eigenvalue weighted by atomic mass is 19.3. The molecule has 0 fully saturated rings. The molecule has 0 atom stereocenters. The molecular weight excluding hydrogens is 240 g/mol. The summed E-state index contributed by atoms with van der Waals surface area (Å²) in [5, 5.41) is 4.25. The Morgan fingerprint density at radius 2 is 2.11 bits per heavy atom. The standard InChI is InChI=1S/C12H13F2N3O/c1-7-10(16-17(2)11(7)15)8-4-3-5-9(6-8)18-12(13)14/h3-6,12H,15H2,1-2H3. The van der Waals surface area contributed by atoms with E-state index in [0.29, 0.717) is 17.1 Å². The first-order valence-corrected chi connectivity index (χ1v) is 5.33. The Kier molecular flexibility index (Phi) is 3.18. The minimum Gasteiger partial charge on any atom is -0.435 e. The Balaban J connectivity index is 2.41. The molecule has 0 aliphatic carbocycles. The minimum absolute atomic E-state index is 0.103. The van der Waals surface area contributed by atoms with E-state index in [0.717, 1.165) is 5.56 Å². The number of aryl methyl sites for hydroxylation is 1. The molecule has 2 N–H and O–H groups in total. The van der Waals surface area contributed by atoms with Crippen molar-refractivity contribution in [2.45, 2.75) is 13.5 Å². The largest absolute Gasteiger partial charge is 0.435 e. The summed E-state index contributed by atoms with van der Waals surface area (Å²) >= 11 is 0. The molecule has 2 rings (SSSR count). The van der Waals surface area contributed by atoms with Crippen LogP contribution in [0.2, 0.25) is 0 Å². The van der Waals surface area contributed by atoms with Crippen molar-refractivity contribution in [2.24, 2.45) is 7.05 Å². The molecule has 0 aliphatic rings. The van der Waals surface area contributed by atoms with E-state index in [1.54, 1.807) is 23.9 Å². The second kappa shape index (κ2) is 4.64. The van der Waals surface area contributed by atoms with E-state index < -0.39 is 6.61 Å². The number of ether oxygens (including phenoxy) is 1. The van der Waals surface area contributed by atoms with Gasteiger partial charge in [0.2, 0.25) is 0 Å². The number of halogens is 2. The van der Waals surface area contributed by atoms with Gasteiger partial charge in [0.25, 0.3) is 0 Å². The number of alkyl halides is 2. The molecule has 0 amide bonds. The number of rotatable bonds is 3. The lowest BCUT2D eigenvalue weighted by Crippen LogP contribution is -2.01. The van der Waals surface area contributed by atoms with Crippen molar-refractivity contribution >= 4 is 5.82 Å². The number of nitrogens with zero attached hydrogens (tertiary/aromatic N) is 2. The maximum Gasteiger partial charge on any atom is 0.387 e. The number of hydrogen-bond donors (Lipinski definition) is 1. The quantitative estimate of drug-likeness (QED) is 0.914. The molecule has 0 spiro atoms. The van der Waals surface area contributed by atoms with Gasteiger partial charge in [-0.05, 0) is 19.1 Å². The third-order valence-electron chi connectivity index (χ3n) is 2.67. The topological polar surface area (TPSA) is 53.1 Å². The fourth-order valence-corrected chi connectivity index (χ4v) is 1.74. The smallest absolute Gasteiger partial charge is 0.387 e. The number of aromatic nitrogens is 2. The second-order valence-electron chi connectivity index (χ2n) is 3.89. The third kappa shape index (κ3) is 2.27. The molecule has 0 saturated heterocycles. The molecule has 6 heteroatoms. The predicted molar refractivity (Wildman–Crippen MR) is 64.4 cm³/mol. The van der Waals surface area contributed by atoms with Crippen LogP contribution >= 0.6 is 0 Å². The highest BCUT2D eigenvalue weighted by Crippen LogP contribution is 2.28. The fraction of sp³-hybridized carbons (Fsp3) is 0.250. The Labute approximate surface area is 103 Å². The number of hydrogen-bond acceptors (Lipinski definition) is 3. The van der Waals surface area contributed by atoms with Crippen LogP contribution < -0.4 is 10.5 Å². The van der Waals surface area contributed by atoms with Crippen molar-refractivity contribution in [2.75, 3.05) is 5.73 Å². The van der Waals surface area contributed by atoms with Gasteiger partial charge in [-0.25, -0.2) is 0 Å². The number of nitrogen functional groups attached to an aromatic ring is 1. The van der Waals surface area contributed by atoms with Crippen molar-refractivity contribution < 1.29 is 13.5 Å². The first-order chi connectivity index (χ1) is 8.49. The lowest BCUT2D eigenvalue weighted by atomic mass is 10.1. The van der Waals surface area contributed by atoms with Gasteiger partial charge in [-0.1, -0.05) is 12.1 Å². The summed E-state index contributed by atoms with van der Waals surface area (Å²) in [6.45, 7) is -1.01. The molecule has 0 bridgehead atoms. The third-order valence-corrected chi connectivity index (χ3v) is 2.67. The molecule has 0 radical (unpaired) electrons. The van der Waals surface area contributed by atoms with Crippen LogP contribution in [-0.4, -0.2) is 16.4 Å². The predicted octanol–water partition coefficient (Wildman–Crippen LogP) is 2.58. The zero-order valence-electron chi connectivity index (χ0n) is 10.0. The Bertz CT molecular complexity index is 566. The van der Waals surface area contributed by atoms with Crippen molar-refractivity contribution in [1.29, 1.82) is 0 Å². The zero-order valence-corrected chi connectivity index (χ0v) is 10.0. The molecule has 96 valence electrons. The summed E-state index contributed by atoms with van der Waals surface area (Å²) in [5.41, 5.74) is 7.97. The molecule has 1 aromatic heterocycles. The maximum atomic E-state index is 12.1. The van der Waals surface area contributed by atoms with Crippen molar-refractivity contribution in [3.8, 4) is 17.0 Å². The van der Waals surface area contributed by atoms with E-state index in [2.05, 4.69) is 9.84 Å². The monoisotopic (exact) mass is 253 g/mol. The summed E-state index contributed by atoms with van der Waals surface area (Å²) in [6, 6.07) is 6.39. The first kappa shape index (κ1) is 12.3. The summed E-state index contributed by atoms with van der Waals surface area (Å²) in [6.07, 6.45) is 0. The van der Waals surface area contributed by atoms with Crippen LogP contribution in [0.25, 0.3) is 11.3 Å². The van der Waals surface area contributed by atoms with E-state index in [1.165, 1.54) is 12.1 Å². The molecule has 0 unspecified atom stereocenters. The Morgan fingerprint density at radius 3 is 2.67 bits per heavy atom. The van der Waals surface area contributed by atoms with Gasteiger partial charge < -0.3 is 10.5 Å². The van der Waals surface area contributed by atoms with Gasteiger partial charge in [0.05, 0.1) is 5.69 Å². The van der Waals surface area contributed by atoms with Crippen molar-refractivity contribution in [3.05, 3.63) is 29.8 Å². The molecular formula is C12H13F2N3O. The van der Waals surface area contributed by atoms with Crippen molar-refractivity contribution in [1.82, 2.24) is 9.78 Å². The van der Waals surface area contributed by atoms with Crippen LogP contribution in [-0.2, 0) is 7.05 Å². The second-order valence-corrected chi connectivity index (χ2v) is 3.89. The molecule has 2 aromatic rings. The number of nitrogens with two attached hydrogens (primary N) is 1. The van der Waals surface area contributed by atoms with Crippen LogP contribution in [0.1, 0.15) is 5.56 Å². The summed E-state index contributed by atoms with van der Waals surface area (Å²) in [5.74, 6) is 0.649. The van der Waals surface area contributed by atoms with E-state index in [4.69, 9.17) is 5.73 Å². The number of benzene rings is 1. The molecule has 0 saturated carbocycles. The van der Waals surface area contributed by atoms with Gasteiger partial charge in [-0.3, -0.25) is 4.68 Å².